The molecule has 1 N–H and O–H groups in total. The average molecular weight is 246 g/mol. The quantitative estimate of drug-likeness (QED) is 0.715. The zero-order valence-corrected chi connectivity index (χ0v) is 9.48. The van der Waals surface area contributed by atoms with Gasteiger partial charge in [-0.2, -0.15) is 9.61 Å². The van der Waals surface area contributed by atoms with Crippen LogP contribution in [-0.4, -0.2) is 14.6 Å². The van der Waals surface area contributed by atoms with Crippen molar-refractivity contribution in [2.75, 3.05) is 0 Å². The van der Waals surface area contributed by atoms with E-state index in [1.165, 1.54) is 10.6 Å². The molecule has 4 nitrogen and oxygen atoms in total. The smallest absolute Gasteiger partial charge is 0.274 e. The maximum absolute atomic E-state index is 11.6. The molecule has 0 spiro atoms. The van der Waals surface area contributed by atoms with Crippen LogP contribution in [0.15, 0.2) is 47.4 Å². The van der Waals surface area contributed by atoms with Crippen molar-refractivity contribution in [2.24, 2.45) is 0 Å². The second-order valence-corrected chi connectivity index (χ2v) is 4.03. The highest BCUT2D eigenvalue weighted by molar-refractivity contribution is 6.33. The monoisotopic (exact) mass is 245 g/mol. The molecule has 0 bridgehead atoms. The Balaban J connectivity index is 2.30. The van der Waals surface area contributed by atoms with Crippen LogP contribution in [0, 0.1) is 0 Å². The molecule has 3 aromatic rings. The number of H-pyrrole nitrogens is 1. The zero-order valence-electron chi connectivity index (χ0n) is 8.72. The number of fused-ring (bicyclic) bond motifs is 1. The van der Waals surface area contributed by atoms with E-state index in [4.69, 9.17) is 11.6 Å². The molecule has 0 fully saturated rings. The van der Waals surface area contributed by atoms with Crippen molar-refractivity contribution in [3.8, 4) is 11.3 Å². The number of hydrogen-bond donors (Lipinski definition) is 1. The molecule has 3 rings (SSSR count). The Kier molecular flexibility index (Phi) is 2.23. The highest BCUT2D eigenvalue weighted by Crippen LogP contribution is 2.26. The number of aromatic nitrogens is 3. The fourth-order valence-electron chi connectivity index (χ4n) is 1.72. The van der Waals surface area contributed by atoms with E-state index in [2.05, 4.69) is 10.1 Å². The molecule has 17 heavy (non-hydrogen) atoms. The molecule has 5 heteroatoms. The molecule has 0 radical (unpaired) electrons. The SMILES string of the molecule is O=c1cc[nH]c2cc(-c3ccccc3Cl)nn12. The van der Waals surface area contributed by atoms with Crippen LogP contribution in [-0.2, 0) is 0 Å². The first kappa shape index (κ1) is 10.1. The Bertz CT molecular complexity index is 745. The van der Waals surface area contributed by atoms with E-state index in [1.54, 1.807) is 18.3 Å². The van der Waals surface area contributed by atoms with Crippen molar-refractivity contribution in [2.45, 2.75) is 0 Å². The van der Waals surface area contributed by atoms with Crippen LogP contribution in [0.4, 0.5) is 0 Å². The Hall–Kier alpha value is -2.07. The number of benzene rings is 1. The highest BCUT2D eigenvalue weighted by atomic mass is 35.5. The highest BCUT2D eigenvalue weighted by Gasteiger charge is 2.08. The molecule has 1 aromatic carbocycles. The zero-order chi connectivity index (χ0) is 11.8. The van der Waals surface area contributed by atoms with Gasteiger partial charge in [0.2, 0.25) is 0 Å². The van der Waals surface area contributed by atoms with Gasteiger partial charge < -0.3 is 4.98 Å². The predicted molar refractivity (Wildman–Crippen MR) is 66.3 cm³/mol. The summed E-state index contributed by atoms with van der Waals surface area (Å²) >= 11 is 6.09. The lowest BCUT2D eigenvalue weighted by Crippen LogP contribution is -2.12. The summed E-state index contributed by atoms with van der Waals surface area (Å²) in [5, 5.41) is 4.85. The Morgan fingerprint density at radius 3 is 2.82 bits per heavy atom. The molecule has 0 atom stereocenters. The van der Waals surface area contributed by atoms with Crippen LogP contribution in [0.25, 0.3) is 16.9 Å². The number of halogens is 1. The standard InChI is InChI=1S/C12H8ClN3O/c13-9-4-2-1-3-8(9)10-7-11-14-6-5-12(17)16(11)15-10/h1-7,14H. The summed E-state index contributed by atoms with van der Waals surface area (Å²) in [6, 6.07) is 10.6. The van der Waals surface area contributed by atoms with E-state index in [-0.39, 0.29) is 5.56 Å². The van der Waals surface area contributed by atoms with Crippen molar-refractivity contribution in [1.82, 2.24) is 14.6 Å². The van der Waals surface area contributed by atoms with Gasteiger partial charge in [0.1, 0.15) is 5.65 Å². The van der Waals surface area contributed by atoms with Gasteiger partial charge in [0.15, 0.2) is 0 Å². The fourth-order valence-corrected chi connectivity index (χ4v) is 1.95. The van der Waals surface area contributed by atoms with Crippen molar-refractivity contribution in [3.05, 3.63) is 58.0 Å². The molecule has 0 saturated heterocycles. The lowest BCUT2D eigenvalue weighted by molar-refractivity contribution is 0.903. The summed E-state index contributed by atoms with van der Waals surface area (Å²) in [5.41, 5.74) is 1.96. The minimum atomic E-state index is -0.169. The summed E-state index contributed by atoms with van der Waals surface area (Å²) in [6.07, 6.45) is 1.59. The lowest BCUT2D eigenvalue weighted by atomic mass is 10.1. The molecule has 0 unspecified atom stereocenters. The average Bonchev–Trinajstić information content (AvgIpc) is 2.75. The summed E-state index contributed by atoms with van der Waals surface area (Å²) in [6.45, 7) is 0. The van der Waals surface area contributed by atoms with E-state index >= 15 is 0 Å². The Labute approximate surface area is 101 Å². The first-order valence-corrected chi connectivity index (χ1v) is 5.46. The van der Waals surface area contributed by atoms with Gasteiger partial charge >= 0.3 is 0 Å². The van der Waals surface area contributed by atoms with E-state index in [0.29, 0.717) is 16.4 Å². The van der Waals surface area contributed by atoms with Crippen molar-refractivity contribution >= 4 is 17.2 Å². The van der Waals surface area contributed by atoms with Crippen LogP contribution < -0.4 is 5.56 Å². The van der Waals surface area contributed by atoms with Gasteiger partial charge in [-0.15, -0.1) is 0 Å². The molecular weight excluding hydrogens is 238 g/mol. The van der Waals surface area contributed by atoms with Gasteiger partial charge in [-0.1, -0.05) is 29.8 Å². The molecule has 0 aliphatic carbocycles. The molecular formula is C12H8ClN3O. The molecule has 84 valence electrons. The first-order chi connectivity index (χ1) is 8.25. The number of aromatic amines is 1. The second kappa shape index (κ2) is 3.75. The van der Waals surface area contributed by atoms with Gasteiger partial charge in [0.05, 0.1) is 10.7 Å². The van der Waals surface area contributed by atoms with Gasteiger partial charge in [0.25, 0.3) is 5.56 Å². The fraction of sp³-hybridized carbons (Fsp3) is 0. The summed E-state index contributed by atoms with van der Waals surface area (Å²) in [5.74, 6) is 0. The minimum absolute atomic E-state index is 0.169. The number of nitrogens with zero attached hydrogens (tertiary/aromatic N) is 2. The lowest BCUT2D eigenvalue weighted by Gasteiger charge is -1.97. The largest absolute Gasteiger partial charge is 0.346 e. The maximum atomic E-state index is 11.6. The topological polar surface area (TPSA) is 50.2 Å². The molecule has 0 aliphatic rings. The predicted octanol–water partition coefficient (Wildman–Crippen LogP) is 2.34. The van der Waals surface area contributed by atoms with E-state index in [0.717, 1.165) is 5.56 Å². The van der Waals surface area contributed by atoms with E-state index in [1.807, 2.05) is 18.2 Å². The second-order valence-electron chi connectivity index (χ2n) is 3.62. The summed E-state index contributed by atoms with van der Waals surface area (Å²) in [4.78, 5) is 14.5. The third kappa shape index (κ3) is 1.62. The molecule has 0 aliphatic heterocycles. The van der Waals surface area contributed by atoms with Crippen molar-refractivity contribution < 1.29 is 0 Å². The van der Waals surface area contributed by atoms with Crippen LogP contribution in [0.1, 0.15) is 0 Å². The number of hydrogen-bond acceptors (Lipinski definition) is 2. The first-order valence-electron chi connectivity index (χ1n) is 5.08. The molecule has 2 heterocycles. The number of rotatable bonds is 1. The molecule has 2 aromatic heterocycles. The third-order valence-electron chi connectivity index (χ3n) is 2.53. The molecule has 0 amide bonds. The minimum Gasteiger partial charge on any atom is -0.346 e. The van der Waals surface area contributed by atoms with Gasteiger partial charge in [0, 0.05) is 23.9 Å². The third-order valence-corrected chi connectivity index (χ3v) is 2.85. The maximum Gasteiger partial charge on any atom is 0.274 e. The van der Waals surface area contributed by atoms with Crippen LogP contribution >= 0.6 is 11.6 Å². The van der Waals surface area contributed by atoms with Gasteiger partial charge in [-0.3, -0.25) is 4.79 Å². The van der Waals surface area contributed by atoms with Gasteiger partial charge in [-0.05, 0) is 6.07 Å². The van der Waals surface area contributed by atoms with Crippen LogP contribution in [0.2, 0.25) is 5.02 Å². The Morgan fingerprint density at radius 1 is 1.24 bits per heavy atom. The Morgan fingerprint density at radius 2 is 2.06 bits per heavy atom. The van der Waals surface area contributed by atoms with E-state index < -0.39 is 0 Å². The van der Waals surface area contributed by atoms with Crippen molar-refractivity contribution in [1.29, 1.82) is 0 Å². The molecule has 0 saturated carbocycles. The summed E-state index contributed by atoms with van der Waals surface area (Å²) in [7, 11) is 0. The normalized spacial score (nSPS) is 10.9. The van der Waals surface area contributed by atoms with Crippen molar-refractivity contribution in [3.63, 3.8) is 0 Å². The van der Waals surface area contributed by atoms with Crippen LogP contribution in [0.5, 0.6) is 0 Å². The van der Waals surface area contributed by atoms with Crippen LogP contribution in [0.3, 0.4) is 0 Å². The van der Waals surface area contributed by atoms with E-state index in [9.17, 15) is 4.79 Å². The summed E-state index contributed by atoms with van der Waals surface area (Å²) < 4.78 is 1.32. The number of nitrogens with one attached hydrogen (secondary N) is 1. The van der Waals surface area contributed by atoms with Gasteiger partial charge in [-0.25, -0.2) is 0 Å².